The van der Waals surface area contributed by atoms with Crippen molar-refractivity contribution in [2.45, 2.75) is 6.42 Å². The van der Waals surface area contributed by atoms with Crippen molar-refractivity contribution in [1.82, 2.24) is 19.9 Å². The number of amides is 1. The number of aromatic nitrogens is 4. The summed E-state index contributed by atoms with van der Waals surface area (Å²) in [5.41, 5.74) is 5.31. The average molecular weight is 365 g/mol. The van der Waals surface area contributed by atoms with Gasteiger partial charge in [0.15, 0.2) is 5.82 Å². The molecule has 0 fully saturated rings. The molecular formula is C22H15N5O. The van der Waals surface area contributed by atoms with Gasteiger partial charge >= 0.3 is 0 Å². The maximum atomic E-state index is 12.7. The highest BCUT2D eigenvalue weighted by Gasteiger charge is 2.32. The number of benzene rings is 2. The minimum atomic E-state index is -0.0122. The molecule has 0 saturated carbocycles. The molecule has 0 aliphatic carbocycles. The molecule has 0 spiro atoms. The Morgan fingerprint density at radius 2 is 1.75 bits per heavy atom. The van der Waals surface area contributed by atoms with E-state index in [1.165, 1.54) is 0 Å². The van der Waals surface area contributed by atoms with Crippen molar-refractivity contribution in [2.24, 2.45) is 0 Å². The van der Waals surface area contributed by atoms with Crippen LogP contribution in [0.25, 0.3) is 33.1 Å². The molecule has 6 heteroatoms. The lowest BCUT2D eigenvalue weighted by atomic mass is 10.1. The second-order valence-corrected chi connectivity index (χ2v) is 6.96. The molecule has 6 nitrogen and oxygen atoms in total. The molecule has 2 aromatic carbocycles. The van der Waals surface area contributed by atoms with Gasteiger partial charge < -0.3 is 9.97 Å². The summed E-state index contributed by atoms with van der Waals surface area (Å²) in [5, 5.41) is 2.20. The van der Waals surface area contributed by atoms with Gasteiger partial charge in [0, 0.05) is 34.4 Å². The third-order valence-electron chi connectivity index (χ3n) is 5.25. The number of carbonyl (C=O) groups is 1. The van der Waals surface area contributed by atoms with E-state index in [4.69, 9.17) is 4.98 Å². The SMILES string of the molecule is O=C1Cc2ncc(-c3ccc4cc[nH]c4c3)nc2N1c1ccc2[nH]ccc2c1. The van der Waals surface area contributed by atoms with Gasteiger partial charge in [-0.05, 0) is 41.8 Å². The summed E-state index contributed by atoms with van der Waals surface area (Å²) in [5.74, 6) is 0.603. The highest BCUT2D eigenvalue weighted by Crippen LogP contribution is 2.35. The summed E-state index contributed by atoms with van der Waals surface area (Å²) < 4.78 is 0. The molecule has 0 unspecified atom stereocenters. The number of hydrogen-bond donors (Lipinski definition) is 2. The number of nitrogens with zero attached hydrogens (tertiary/aromatic N) is 3. The Morgan fingerprint density at radius 3 is 2.68 bits per heavy atom. The molecule has 3 aromatic heterocycles. The van der Waals surface area contributed by atoms with E-state index in [0.717, 1.165) is 38.8 Å². The first kappa shape index (κ1) is 15.2. The Morgan fingerprint density at radius 1 is 0.893 bits per heavy atom. The second-order valence-electron chi connectivity index (χ2n) is 6.96. The normalized spacial score (nSPS) is 13.6. The van der Waals surface area contributed by atoms with Gasteiger partial charge in [-0.15, -0.1) is 0 Å². The van der Waals surface area contributed by atoms with E-state index >= 15 is 0 Å². The molecular weight excluding hydrogens is 350 g/mol. The Balaban J connectivity index is 1.48. The fraction of sp³-hybridized carbons (Fsp3) is 0.0455. The number of H-pyrrole nitrogens is 2. The quantitative estimate of drug-likeness (QED) is 0.489. The van der Waals surface area contributed by atoms with Gasteiger partial charge in [0.2, 0.25) is 5.91 Å². The van der Waals surface area contributed by atoms with E-state index in [9.17, 15) is 4.79 Å². The van der Waals surface area contributed by atoms with Crippen LogP contribution < -0.4 is 4.90 Å². The molecule has 0 bridgehead atoms. The molecule has 0 atom stereocenters. The Labute approximate surface area is 159 Å². The molecule has 28 heavy (non-hydrogen) atoms. The van der Waals surface area contributed by atoms with Crippen LogP contribution in [0.5, 0.6) is 0 Å². The van der Waals surface area contributed by atoms with Crippen molar-refractivity contribution in [3.8, 4) is 11.3 Å². The maximum Gasteiger partial charge on any atom is 0.238 e. The molecule has 2 N–H and O–H groups in total. The molecule has 1 aliphatic rings. The smallest absolute Gasteiger partial charge is 0.238 e. The highest BCUT2D eigenvalue weighted by atomic mass is 16.2. The summed E-state index contributed by atoms with van der Waals surface area (Å²) in [6, 6.07) is 16.1. The van der Waals surface area contributed by atoms with Gasteiger partial charge in [-0.1, -0.05) is 12.1 Å². The highest BCUT2D eigenvalue weighted by molar-refractivity contribution is 6.07. The van der Waals surface area contributed by atoms with Crippen LogP contribution in [0.1, 0.15) is 5.69 Å². The zero-order valence-electron chi connectivity index (χ0n) is 14.8. The van der Waals surface area contributed by atoms with E-state index < -0.39 is 0 Å². The van der Waals surface area contributed by atoms with Crippen molar-refractivity contribution < 1.29 is 4.79 Å². The monoisotopic (exact) mass is 365 g/mol. The van der Waals surface area contributed by atoms with Crippen molar-refractivity contribution >= 4 is 39.2 Å². The summed E-state index contributed by atoms with van der Waals surface area (Å²) in [6.07, 6.45) is 5.82. The molecule has 1 aliphatic heterocycles. The summed E-state index contributed by atoms with van der Waals surface area (Å²) in [4.78, 5) is 30.1. The lowest BCUT2D eigenvalue weighted by Gasteiger charge is -2.17. The number of hydrogen-bond acceptors (Lipinski definition) is 3. The van der Waals surface area contributed by atoms with Crippen LogP contribution in [0.3, 0.4) is 0 Å². The standard InChI is InChI=1S/C22H15N5O/c28-21-11-19-22(27(21)16-3-4-17-15(9-16)6-8-23-17)26-20(12-25-19)14-2-1-13-5-7-24-18(13)10-14/h1-10,12,23-24H,11H2. The zero-order chi connectivity index (χ0) is 18.7. The van der Waals surface area contributed by atoms with Crippen molar-refractivity contribution in [2.75, 3.05) is 4.90 Å². The summed E-state index contributed by atoms with van der Waals surface area (Å²) in [7, 11) is 0. The molecule has 4 heterocycles. The number of aromatic amines is 2. The molecule has 1 amide bonds. The third kappa shape index (κ3) is 2.18. The predicted molar refractivity (Wildman–Crippen MR) is 108 cm³/mol. The Bertz CT molecular complexity index is 1380. The lowest BCUT2D eigenvalue weighted by molar-refractivity contribution is -0.116. The van der Waals surface area contributed by atoms with Crippen LogP contribution in [-0.4, -0.2) is 25.8 Å². The van der Waals surface area contributed by atoms with Gasteiger partial charge in [-0.3, -0.25) is 14.7 Å². The largest absolute Gasteiger partial charge is 0.361 e. The second kappa shape index (κ2) is 5.53. The van der Waals surface area contributed by atoms with Gasteiger partial charge in [0.1, 0.15) is 0 Å². The van der Waals surface area contributed by atoms with Gasteiger partial charge in [-0.25, -0.2) is 4.98 Å². The van der Waals surface area contributed by atoms with Crippen LogP contribution in [0.4, 0.5) is 11.5 Å². The fourth-order valence-corrected chi connectivity index (χ4v) is 3.84. The van der Waals surface area contributed by atoms with E-state index in [2.05, 4.69) is 27.1 Å². The first-order valence-electron chi connectivity index (χ1n) is 9.10. The van der Waals surface area contributed by atoms with Crippen LogP contribution in [0.15, 0.2) is 67.1 Å². The minimum absolute atomic E-state index is 0.0122. The summed E-state index contributed by atoms with van der Waals surface area (Å²) >= 11 is 0. The van der Waals surface area contributed by atoms with E-state index in [1.807, 2.05) is 48.8 Å². The van der Waals surface area contributed by atoms with Crippen molar-refractivity contribution in [1.29, 1.82) is 0 Å². The third-order valence-corrected chi connectivity index (χ3v) is 5.25. The number of anilines is 2. The van der Waals surface area contributed by atoms with Crippen LogP contribution >= 0.6 is 0 Å². The maximum absolute atomic E-state index is 12.7. The zero-order valence-corrected chi connectivity index (χ0v) is 14.8. The van der Waals surface area contributed by atoms with Crippen LogP contribution in [0, 0.1) is 0 Å². The molecule has 0 saturated heterocycles. The first-order chi connectivity index (χ1) is 13.8. The van der Waals surface area contributed by atoms with Crippen LogP contribution in [0.2, 0.25) is 0 Å². The Hall–Kier alpha value is -3.93. The van der Waals surface area contributed by atoms with E-state index in [1.54, 1.807) is 11.1 Å². The molecule has 0 radical (unpaired) electrons. The van der Waals surface area contributed by atoms with Crippen LogP contribution in [-0.2, 0) is 11.2 Å². The molecule has 134 valence electrons. The number of nitrogens with one attached hydrogen (secondary N) is 2. The predicted octanol–water partition coefficient (Wildman–Crippen LogP) is 4.33. The number of rotatable bonds is 2. The van der Waals surface area contributed by atoms with Gasteiger partial charge in [0.05, 0.1) is 29.7 Å². The fourth-order valence-electron chi connectivity index (χ4n) is 3.84. The lowest BCUT2D eigenvalue weighted by Crippen LogP contribution is -2.21. The minimum Gasteiger partial charge on any atom is -0.361 e. The van der Waals surface area contributed by atoms with Gasteiger partial charge in [-0.2, -0.15) is 0 Å². The van der Waals surface area contributed by atoms with E-state index in [-0.39, 0.29) is 12.3 Å². The van der Waals surface area contributed by atoms with Crippen molar-refractivity contribution in [3.63, 3.8) is 0 Å². The topological polar surface area (TPSA) is 77.7 Å². The Kier molecular flexibility index (Phi) is 3.00. The van der Waals surface area contributed by atoms with E-state index in [0.29, 0.717) is 11.5 Å². The van der Waals surface area contributed by atoms with Gasteiger partial charge in [0.25, 0.3) is 0 Å². The number of carbonyl (C=O) groups excluding carboxylic acids is 1. The summed E-state index contributed by atoms with van der Waals surface area (Å²) in [6.45, 7) is 0. The number of fused-ring (bicyclic) bond motifs is 3. The molecule has 5 aromatic rings. The van der Waals surface area contributed by atoms with Crippen molar-refractivity contribution in [3.05, 3.63) is 72.8 Å². The molecule has 6 rings (SSSR count). The average Bonchev–Trinajstić information content (AvgIpc) is 3.43. The first-order valence-corrected chi connectivity index (χ1v) is 9.10.